The molecule has 0 heterocycles. The molecule has 0 aliphatic heterocycles. The lowest BCUT2D eigenvalue weighted by Crippen LogP contribution is -2.49. The third kappa shape index (κ3) is 4.13. The summed E-state index contributed by atoms with van der Waals surface area (Å²) >= 11 is 0. The number of rotatable bonds is 6. The second kappa shape index (κ2) is 9.53. The summed E-state index contributed by atoms with van der Waals surface area (Å²) in [4.78, 5) is 0. The number of hydrogen-bond acceptors (Lipinski definition) is 3. The first-order valence-electron chi connectivity index (χ1n) is 13.5. The van der Waals surface area contributed by atoms with Crippen LogP contribution in [-0.2, 0) is 4.65 Å². The molecule has 5 heteroatoms. The Balaban J connectivity index is 1.74. The number of fused-ring (bicyclic) bond motifs is 4. The molecular formula is C34H32B2O3. The van der Waals surface area contributed by atoms with Crippen molar-refractivity contribution in [1.82, 2.24) is 0 Å². The Morgan fingerprint density at radius 2 is 0.821 bits per heavy atom. The first-order valence-corrected chi connectivity index (χ1v) is 13.5. The van der Waals surface area contributed by atoms with Gasteiger partial charge in [0.15, 0.2) is 0 Å². The minimum atomic E-state index is -0.995. The maximum atomic E-state index is 10.7. The standard InChI is InChI=1S/C34H32B2O3/c1-33(2,37)34(3,4)39-36-32-27-19-11-7-15-23(27)30(24-16-8-12-20-28(24)32)29-21-13-5-9-17-25(21)31(35-38)26-18-10-6-14-22(26)29/h5-20,35-38H,1-4H3. The molecule has 0 spiro atoms. The van der Waals surface area contributed by atoms with E-state index in [1.54, 1.807) is 13.8 Å². The van der Waals surface area contributed by atoms with Crippen LogP contribution in [0.3, 0.4) is 0 Å². The van der Waals surface area contributed by atoms with Crippen LogP contribution in [-0.4, -0.2) is 36.3 Å². The molecule has 0 saturated heterocycles. The van der Waals surface area contributed by atoms with Crippen LogP contribution >= 0.6 is 0 Å². The Hall–Kier alpha value is -3.63. The fourth-order valence-electron chi connectivity index (χ4n) is 5.73. The van der Waals surface area contributed by atoms with Gasteiger partial charge in [-0.1, -0.05) is 97.1 Å². The van der Waals surface area contributed by atoms with E-state index in [1.165, 1.54) is 11.1 Å². The molecule has 0 saturated carbocycles. The van der Waals surface area contributed by atoms with Gasteiger partial charge in [-0.2, -0.15) is 0 Å². The van der Waals surface area contributed by atoms with Crippen LogP contribution < -0.4 is 10.9 Å². The summed E-state index contributed by atoms with van der Waals surface area (Å²) in [5.41, 5.74) is 2.70. The van der Waals surface area contributed by atoms with Crippen molar-refractivity contribution in [2.24, 2.45) is 0 Å². The molecule has 0 radical (unpaired) electrons. The molecular weight excluding hydrogens is 478 g/mol. The van der Waals surface area contributed by atoms with Crippen molar-refractivity contribution in [3.05, 3.63) is 97.1 Å². The van der Waals surface area contributed by atoms with Crippen LogP contribution in [0.4, 0.5) is 0 Å². The summed E-state index contributed by atoms with van der Waals surface area (Å²) < 4.78 is 6.43. The van der Waals surface area contributed by atoms with Gasteiger partial charge in [-0.05, 0) is 92.8 Å². The third-order valence-corrected chi connectivity index (χ3v) is 8.54. The highest BCUT2D eigenvalue weighted by molar-refractivity contribution is 6.58. The number of aliphatic hydroxyl groups is 1. The Morgan fingerprint density at radius 1 is 0.513 bits per heavy atom. The van der Waals surface area contributed by atoms with Crippen molar-refractivity contribution >= 4 is 69.0 Å². The Bertz CT molecular complexity index is 1750. The topological polar surface area (TPSA) is 49.7 Å². The van der Waals surface area contributed by atoms with Crippen molar-refractivity contribution in [1.29, 1.82) is 0 Å². The molecule has 39 heavy (non-hydrogen) atoms. The summed E-state index contributed by atoms with van der Waals surface area (Å²) in [5.74, 6) is 0. The molecule has 6 rings (SSSR count). The molecule has 0 aromatic heterocycles. The zero-order valence-electron chi connectivity index (χ0n) is 23.0. The average Bonchev–Trinajstić information content (AvgIpc) is 2.94. The molecule has 0 amide bonds. The van der Waals surface area contributed by atoms with E-state index in [4.69, 9.17) is 4.65 Å². The molecule has 0 fully saturated rings. The minimum absolute atomic E-state index is 0.0178. The summed E-state index contributed by atoms with van der Waals surface area (Å²) in [6.45, 7) is 7.45. The van der Waals surface area contributed by atoms with E-state index in [1.807, 2.05) is 26.0 Å². The highest BCUT2D eigenvalue weighted by atomic mass is 16.5. The first-order chi connectivity index (χ1) is 18.7. The Morgan fingerprint density at radius 3 is 1.13 bits per heavy atom. The average molecular weight is 510 g/mol. The van der Waals surface area contributed by atoms with Crippen molar-refractivity contribution in [3.63, 3.8) is 0 Å². The molecule has 0 unspecified atom stereocenters. The number of benzene rings is 6. The van der Waals surface area contributed by atoms with Gasteiger partial charge in [0.1, 0.15) is 0 Å². The fraction of sp³-hybridized carbons (Fsp3) is 0.176. The van der Waals surface area contributed by atoms with Gasteiger partial charge in [0.05, 0.1) is 11.2 Å². The zero-order valence-corrected chi connectivity index (χ0v) is 23.0. The molecule has 6 aromatic rings. The molecule has 0 atom stereocenters. The van der Waals surface area contributed by atoms with Crippen molar-refractivity contribution in [3.8, 4) is 11.1 Å². The Labute approximate surface area is 230 Å². The lowest BCUT2D eigenvalue weighted by atomic mass is 9.73. The predicted octanol–water partition coefficient (Wildman–Crippen LogP) is 5.48. The van der Waals surface area contributed by atoms with Gasteiger partial charge in [-0.25, -0.2) is 0 Å². The normalized spacial score (nSPS) is 12.5. The van der Waals surface area contributed by atoms with Crippen molar-refractivity contribution in [2.75, 3.05) is 0 Å². The van der Waals surface area contributed by atoms with Gasteiger partial charge in [-0.15, -0.1) is 0 Å². The summed E-state index contributed by atoms with van der Waals surface area (Å²) in [6, 6.07) is 33.9. The third-order valence-electron chi connectivity index (χ3n) is 8.54. The van der Waals surface area contributed by atoms with Gasteiger partial charge >= 0.3 is 15.0 Å². The van der Waals surface area contributed by atoms with Gasteiger partial charge in [-0.3, -0.25) is 0 Å². The second-order valence-corrected chi connectivity index (χ2v) is 11.4. The van der Waals surface area contributed by atoms with E-state index in [9.17, 15) is 10.1 Å². The molecule has 192 valence electrons. The quantitative estimate of drug-likeness (QED) is 0.231. The van der Waals surface area contributed by atoms with E-state index in [2.05, 4.69) is 84.9 Å². The minimum Gasteiger partial charge on any atom is -0.449 e. The van der Waals surface area contributed by atoms with E-state index < -0.39 is 11.2 Å². The van der Waals surface area contributed by atoms with Gasteiger partial charge < -0.3 is 14.8 Å². The Kier molecular flexibility index (Phi) is 6.27. The SMILES string of the molecule is CC(C)(O)C(C)(C)OBc1c2ccccc2c(-c2c3ccccc3c(BO)c3ccccc23)c2ccccc12. The molecule has 0 bridgehead atoms. The highest BCUT2D eigenvalue weighted by Gasteiger charge is 2.36. The maximum Gasteiger partial charge on any atom is 0.310 e. The van der Waals surface area contributed by atoms with Crippen molar-refractivity contribution < 1.29 is 14.8 Å². The van der Waals surface area contributed by atoms with E-state index >= 15 is 0 Å². The zero-order chi connectivity index (χ0) is 27.4. The van der Waals surface area contributed by atoms with Crippen LogP contribution in [0.25, 0.3) is 54.2 Å². The molecule has 6 aromatic carbocycles. The lowest BCUT2D eigenvalue weighted by molar-refractivity contribution is -0.0892. The molecule has 0 aliphatic rings. The lowest BCUT2D eigenvalue weighted by Gasteiger charge is -2.37. The van der Waals surface area contributed by atoms with Crippen LogP contribution in [0.15, 0.2) is 97.1 Å². The van der Waals surface area contributed by atoms with E-state index in [0.717, 1.165) is 54.0 Å². The largest absolute Gasteiger partial charge is 0.449 e. The maximum absolute atomic E-state index is 10.7. The van der Waals surface area contributed by atoms with Crippen LogP contribution in [0.2, 0.25) is 0 Å². The molecule has 0 aliphatic carbocycles. The smallest absolute Gasteiger partial charge is 0.310 e. The highest BCUT2D eigenvalue weighted by Crippen LogP contribution is 2.42. The summed E-state index contributed by atoms with van der Waals surface area (Å²) in [7, 11) is 0.360. The van der Waals surface area contributed by atoms with Crippen LogP contribution in [0.5, 0.6) is 0 Å². The second-order valence-electron chi connectivity index (χ2n) is 11.4. The van der Waals surface area contributed by atoms with Crippen molar-refractivity contribution in [2.45, 2.75) is 38.9 Å². The first kappa shape index (κ1) is 25.6. The van der Waals surface area contributed by atoms with Crippen LogP contribution in [0.1, 0.15) is 27.7 Å². The molecule has 3 nitrogen and oxygen atoms in total. The van der Waals surface area contributed by atoms with Gasteiger partial charge in [0.2, 0.25) is 0 Å². The fourth-order valence-corrected chi connectivity index (χ4v) is 5.73. The summed E-state index contributed by atoms with van der Waals surface area (Å²) in [5, 5.41) is 30.1. The van der Waals surface area contributed by atoms with Gasteiger partial charge in [0.25, 0.3) is 0 Å². The van der Waals surface area contributed by atoms with E-state index in [-0.39, 0.29) is 7.48 Å². The summed E-state index contributed by atoms with van der Waals surface area (Å²) in [6.07, 6.45) is 0. The predicted molar refractivity (Wildman–Crippen MR) is 169 cm³/mol. The van der Waals surface area contributed by atoms with E-state index in [0.29, 0.717) is 7.48 Å². The van der Waals surface area contributed by atoms with Crippen LogP contribution in [0, 0.1) is 0 Å². The van der Waals surface area contributed by atoms with Gasteiger partial charge in [0, 0.05) is 0 Å². The monoisotopic (exact) mass is 510 g/mol. The number of hydrogen-bond donors (Lipinski definition) is 2. The molecule has 2 N–H and O–H groups in total.